The highest BCUT2D eigenvalue weighted by Gasteiger charge is 2.25. The van der Waals surface area contributed by atoms with Gasteiger partial charge in [0.2, 0.25) is 0 Å². The standard InChI is InChI=1S/C9H19NS/c1-3-10-9(7-11-2)8-5-4-6-8/h8-10H,3-7H2,1-2H3. The Balaban J connectivity index is 2.19. The highest BCUT2D eigenvalue weighted by atomic mass is 32.2. The maximum Gasteiger partial charge on any atom is 0.0186 e. The van der Waals surface area contributed by atoms with E-state index in [1.165, 1.54) is 25.0 Å². The summed E-state index contributed by atoms with van der Waals surface area (Å²) in [4.78, 5) is 0. The third-order valence-corrected chi connectivity index (χ3v) is 3.22. The van der Waals surface area contributed by atoms with Crippen LogP contribution in [0.2, 0.25) is 0 Å². The SMILES string of the molecule is CCNC(CSC)C1CCC1. The molecule has 1 aliphatic rings. The van der Waals surface area contributed by atoms with E-state index in [4.69, 9.17) is 0 Å². The van der Waals surface area contributed by atoms with E-state index in [2.05, 4.69) is 18.5 Å². The Morgan fingerprint density at radius 3 is 2.64 bits per heavy atom. The highest BCUT2D eigenvalue weighted by molar-refractivity contribution is 7.98. The van der Waals surface area contributed by atoms with Gasteiger partial charge >= 0.3 is 0 Å². The molecule has 2 heteroatoms. The molecule has 0 aromatic rings. The first kappa shape index (κ1) is 9.40. The Bertz CT molecular complexity index is 95.7. The molecule has 0 heterocycles. The van der Waals surface area contributed by atoms with Gasteiger partial charge in [-0.25, -0.2) is 0 Å². The maximum absolute atomic E-state index is 3.56. The average Bonchev–Trinajstić information content (AvgIpc) is 1.85. The Kier molecular flexibility index (Phi) is 4.31. The van der Waals surface area contributed by atoms with Crippen LogP contribution in [0.15, 0.2) is 0 Å². The molecule has 1 fully saturated rings. The van der Waals surface area contributed by atoms with Crippen LogP contribution in [0, 0.1) is 5.92 Å². The second kappa shape index (κ2) is 5.04. The van der Waals surface area contributed by atoms with Gasteiger partial charge in [-0.2, -0.15) is 11.8 Å². The van der Waals surface area contributed by atoms with Crippen molar-refractivity contribution in [1.29, 1.82) is 0 Å². The van der Waals surface area contributed by atoms with Gasteiger partial charge in [0.15, 0.2) is 0 Å². The summed E-state index contributed by atoms with van der Waals surface area (Å²) >= 11 is 1.96. The van der Waals surface area contributed by atoms with Crippen molar-refractivity contribution in [2.24, 2.45) is 5.92 Å². The van der Waals surface area contributed by atoms with E-state index < -0.39 is 0 Å². The molecule has 0 aliphatic heterocycles. The predicted octanol–water partition coefficient (Wildman–Crippen LogP) is 2.13. The van der Waals surface area contributed by atoms with E-state index in [9.17, 15) is 0 Å². The van der Waals surface area contributed by atoms with E-state index in [-0.39, 0.29) is 0 Å². The third-order valence-electron chi connectivity index (χ3n) is 2.53. The summed E-state index contributed by atoms with van der Waals surface area (Å²) in [7, 11) is 0. The molecule has 1 aliphatic carbocycles. The molecule has 1 rings (SSSR count). The summed E-state index contributed by atoms with van der Waals surface area (Å²) < 4.78 is 0. The van der Waals surface area contributed by atoms with Crippen LogP contribution < -0.4 is 5.32 Å². The zero-order valence-electron chi connectivity index (χ0n) is 7.60. The minimum atomic E-state index is 0.795. The van der Waals surface area contributed by atoms with Crippen LogP contribution in [0.1, 0.15) is 26.2 Å². The van der Waals surface area contributed by atoms with Gasteiger partial charge in [0.25, 0.3) is 0 Å². The van der Waals surface area contributed by atoms with Crippen LogP contribution in [-0.4, -0.2) is 24.6 Å². The molecule has 0 radical (unpaired) electrons. The molecule has 0 aromatic carbocycles. The number of hydrogen-bond donors (Lipinski definition) is 1. The van der Waals surface area contributed by atoms with Gasteiger partial charge in [-0.05, 0) is 31.6 Å². The lowest BCUT2D eigenvalue weighted by Gasteiger charge is -2.33. The first-order chi connectivity index (χ1) is 5.38. The third kappa shape index (κ3) is 2.68. The van der Waals surface area contributed by atoms with Crippen LogP contribution in [0.4, 0.5) is 0 Å². The van der Waals surface area contributed by atoms with Gasteiger partial charge in [0, 0.05) is 11.8 Å². The smallest absolute Gasteiger partial charge is 0.0186 e. The van der Waals surface area contributed by atoms with E-state index in [1.807, 2.05) is 11.8 Å². The van der Waals surface area contributed by atoms with Gasteiger partial charge in [-0.15, -0.1) is 0 Å². The lowest BCUT2D eigenvalue weighted by Crippen LogP contribution is -2.41. The molecular formula is C9H19NS. The first-order valence-corrected chi connectivity index (χ1v) is 6.00. The molecule has 0 saturated heterocycles. The monoisotopic (exact) mass is 173 g/mol. The van der Waals surface area contributed by atoms with Crippen molar-refractivity contribution >= 4 is 11.8 Å². The fourth-order valence-electron chi connectivity index (χ4n) is 1.65. The van der Waals surface area contributed by atoms with Crippen molar-refractivity contribution in [3.05, 3.63) is 0 Å². The fraction of sp³-hybridized carbons (Fsp3) is 1.00. The van der Waals surface area contributed by atoms with Crippen molar-refractivity contribution in [2.45, 2.75) is 32.2 Å². The zero-order chi connectivity index (χ0) is 8.10. The van der Waals surface area contributed by atoms with Crippen LogP contribution in [0.5, 0.6) is 0 Å². The Labute approximate surface area is 74.3 Å². The number of rotatable bonds is 5. The van der Waals surface area contributed by atoms with Gasteiger partial charge in [-0.1, -0.05) is 13.3 Å². The lowest BCUT2D eigenvalue weighted by molar-refractivity contribution is 0.247. The fourth-order valence-corrected chi connectivity index (χ4v) is 2.39. The number of thioether (sulfide) groups is 1. The summed E-state index contributed by atoms with van der Waals surface area (Å²) in [6.07, 6.45) is 6.57. The lowest BCUT2D eigenvalue weighted by atomic mass is 9.80. The highest BCUT2D eigenvalue weighted by Crippen LogP contribution is 2.30. The van der Waals surface area contributed by atoms with E-state index in [1.54, 1.807) is 0 Å². The molecular weight excluding hydrogens is 154 g/mol. The van der Waals surface area contributed by atoms with Gasteiger partial charge in [-0.3, -0.25) is 0 Å². The summed E-state index contributed by atoms with van der Waals surface area (Å²) in [6.45, 7) is 3.33. The van der Waals surface area contributed by atoms with Gasteiger partial charge < -0.3 is 5.32 Å². The van der Waals surface area contributed by atoms with Gasteiger partial charge in [0.1, 0.15) is 0 Å². The quantitative estimate of drug-likeness (QED) is 0.683. The molecule has 0 aromatic heterocycles. The first-order valence-electron chi connectivity index (χ1n) is 4.60. The normalized spacial score (nSPS) is 21.3. The van der Waals surface area contributed by atoms with Crippen molar-refractivity contribution in [1.82, 2.24) is 5.32 Å². The van der Waals surface area contributed by atoms with Crippen LogP contribution in [0.3, 0.4) is 0 Å². The molecule has 1 unspecified atom stereocenters. The van der Waals surface area contributed by atoms with Crippen molar-refractivity contribution in [3.63, 3.8) is 0 Å². The Hall–Kier alpha value is 0.310. The van der Waals surface area contributed by atoms with E-state index >= 15 is 0 Å². The van der Waals surface area contributed by atoms with Crippen LogP contribution >= 0.6 is 11.8 Å². The largest absolute Gasteiger partial charge is 0.313 e. The molecule has 1 nitrogen and oxygen atoms in total. The van der Waals surface area contributed by atoms with Crippen LogP contribution in [0.25, 0.3) is 0 Å². The molecule has 1 N–H and O–H groups in total. The van der Waals surface area contributed by atoms with Crippen molar-refractivity contribution in [3.8, 4) is 0 Å². The molecule has 1 saturated carbocycles. The minimum absolute atomic E-state index is 0.795. The summed E-state index contributed by atoms with van der Waals surface area (Å²) in [6, 6.07) is 0.795. The van der Waals surface area contributed by atoms with Crippen LogP contribution in [-0.2, 0) is 0 Å². The number of hydrogen-bond acceptors (Lipinski definition) is 2. The van der Waals surface area contributed by atoms with E-state index in [0.717, 1.165) is 18.5 Å². The molecule has 11 heavy (non-hydrogen) atoms. The molecule has 0 amide bonds. The zero-order valence-corrected chi connectivity index (χ0v) is 8.41. The second-order valence-corrected chi connectivity index (χ2v) is 4.22. The van der Waals surface area contributed by atoms with Gasteiger partial charge in [0.05, 0.1) is 0 Å². The number of nitrogens with one attached hydrogen (secondary N) is 1. The van der Waals surface area contributed by atoms with E-state index in [0.29, 0.717) is 0 Å². The molecule has 0 spiro atoms. The molecule has 66 valence electrons. The maximum atomic E-state index is 3.56. The average molecular weight is 173 g/mol. The Morgan fingerprint density at radius 2 is 2.27 bits per heavy atom. The second-order valence-electron chi connectivity index (χ2n) is 3.31. The summed E-state index contributed by atoms with van der Waals surface area (Å²) in [5.74, 6) is 2.28. The predicted molar refractivity (Wildman–Crippen MR) is 53.2 cm³/mol. The topological polar surface area (TPSA) is 12.0 Å². The Morgan fingerprint density at radius 1 is 1.55 bits per heavy atom. The summed E-state index contributed by atoms with van der Waals surface area (Å²) in [5.41, 5.74) is 0. The molecule has 1 atom stereocenters. The summed E-state index contributed by atoms with van der Waals surface area (Å²) in [5, 5.41) is 3.56. The minimum Gasteiger partial charge on any atom is -0.313 e. The van der Waals surface area contributed by atoms with Crippen molar-refractivity contribution < 1.29 is 0 Å². The van der Waals surface area contributed by atoms with Crippen molar-refractivity contribution in [2.75, 3.05) is 18.6 Å². The molecule has 0 bridgehead atoms.